The molecule has 0 amide bonds. The lowest BCUT2D eigenvalue weighted by atomic mass is 10.1. The van der Waals surface area contributed by atoms with Crippen LogP contribution in [-0.2, 0) is 14.3 Å². The van der Waals surface area contributed by atoms with E-state index < -0.39 is 0 Å². The molecule has 18 heavy (non-hydrogen) atoms. The lowest BCUT2D eigenvalue weighted by Gasteiger charge is -2.06. The van der Waals surface area contributed by atoms with E-state index in [1.54, 1.807) is 6.08 Å². The third kappa shape index (κ3) is 5.89. The predicted molar refractivity (Wildman–Crippen MR) is 72.1 cm³/mol. The van der Waals surface area contributed by atoms with Gasteiger partial charge < -0.3 is 9.47 Å². The summed E-state index contributed by atoms with van der Waals surface area (Å²) in [5, 5.41) is 0. The largest absolute Gasteiger partial charge is 0.498 e. The van der Waals surface area contributed by atoms with Crippen molar-refractivity contribution in [3.63, 3.8) is 0 Å². The molecule has 3 nitrogen and oxygen atoms in total. The molecule has 1 aliphatic rings. The zero-order chi connectivity index (χ0) is 13.2. The molecule has 0 aromatic heterocycles. The highest BCUT2D eigenvalue weighted by molar-refractivity contribution is 5.83. The Labute approximate surface area is 110 Å². The quantitative estimate of drug-likeness (QED) is 0.410. The van der Waals surface area contributed by atoms with Crippen molar-refractivity contribution >= 4 is 5.97 Å². The van der Waals surface area contributed by atoms with Gasteiger partial charge in [0.05, 0.1) is 19.0 Å². The molecule has 102 valence electrons. The van der Waals surface area contributed by atoms with Crippen LogP contribution in [0.2, 0.25) is 0 Å². The highest BCUT2D eigenvalue weighted by Gasteiger charge is 2.08. The monoisotopic (exact) mass is 252 g/mol. The maximum atomic E-state index is 11.4. The second-order valence-corrected chi connectivity index (χ2v) is 4.49. The summed E-state index contributed by atoms with van der Waals surface area (Å²) in [5.41, 5.74) is 1.03. The Bertz CT molecular complexity index is 316. The molecule has 0 saturated heterocycles. The summed E-state index contributed by atoms with van der Waals surface area (Å²) < 4.78 is 10.6. The molecule has 1 heterocycles. The van der Waals surface area contributed by atoms with Crippen LogP contribution in [0.4, 0.5) is 0 Å². The maximum Gasteiger partial charge on any atom is 0.331 e. The fourth-order valence-corrected chi connectivity index (χ4v) is 1.94. The first-order chi connectivity index (χ1) is 8.76. The smallest absolute Gasteiger partial charge is 0.331 e. The summed E-state index contributed by atoms with van der Waals surface area (Å²) in [5.74, 6) is 0.759. The van der Waals surface area contributed by atoms with E-state index in [2.05, 4.69) is 6.92 Å². The lowest BCUT2D eigenvalue weighted by molar-refractivity contribution is -0.137. The van der Waals surface area contributed by atoms with E-state index in [0.717, 1.165) is 43.6 Å². The van der Waals surface area contributed by atoms with Crippen molar-refractivity contribution in [3.05, 3.63) is 23.5 Å². The SMILES string of the molecule is CCCCCC1=C/C(=C/C(=O)OCC)CCCO1. The molecule has 0 aromatic carbocycles. The van der Waals surface area contributed by atoms with Gasteiger partial charge >= 0.3 is 5.97 Å². The van der Waals surface area contributed by atoms with Crippen LogP contribution < -0.4 is 0 Å². The van der Waals surface area contributed by atoms with Crippen LogP contribution in [0, 0.1) is 0 Å². The van der Waals surface area contributed by atoms with Crippen LogP contribution in [0.1, 0.15) is 52.4 Å². The second-order valence-electron chi connectivity index (χ2n) is 4.49. The molecular formula is C15H24O3. The van der Waals surface area contributed by atoms with E-state index in [1.165, 1.54) is 12.8 Å². The number of hydrogen-bond acceptors (Lipinski definition) is 3. The van der Waals surface area contributed by atoms with E-state index in [0.29, 0.717) is 6.61 Å². The van der Waals surface area contributed by atoms with Crippen LogP contribution >= 0.6 is 0 Å². The third-order valence-corrected chi connectivity index (χ3v) is 2.86. The van der Waals surface area contributed by atoms with Crippen LogP contribution in [-0.4, -0.2) is 19.2 Å². The van der Waals surface area contributed by atoms with Gasteiger partial charge in [-0.2, -0.15) is 0 Å². The summed E-state index contributed by atoms with van der Waals surface area (Å²) in [6, 6.07) is 0. The van der Waals surface area contributed by atoms with Crippen molar-refractivity contribution in [1.82, 2.24) is 0 Å². The van der Waals surface area contributed by atoms with Crippen LogP contribution in [0.5, 0.6) is 0 Å². The molecule has 0 saturated carbocycles. The molecule has 0 spiro atoms. The number of carbonyl (C=O) groups is 1. The molecule has 0 aliphatic carbocycles. The number of unbranched alkanes of at least 4 members (excludes halogenated alkanes) is 2. The van der Waals surface area contributed by atoms with Gasteiger partial charge in [-0.25, -0.2) is 4.79 Å². The highest BCUT2D eigenvalue weighted by atomic mass is 16.5. The molecule has 1 rings (SSSR count). The molecule has 0 atom stereocenters. The predicted octanol–water partition coefficient (Wildman–Crippen LogP) is 3.75. The fraction of sp³-hybridized carbons (Fsp3) is 0.667. The van der Waals surface area contributed by atoms with E-state index >= 15 is 0 Å². The molecule has 0 radical (unpaired) electrons. The van der Waals surface area contributed by atoms with E-state index in [1.807, 2.05) is 13.0 Å². The zero-order valence-corrected chi connectivity index (χ0v) is 11.5. The number of ether oxygens (including phenoxy) is 2. The van der Waals surface area contributed by atoms with Crippen molar-refractivity contribution < 1.29 is 14.3 Å². The molecule has 1 aliphatic heterocycles. The molecule has 0 fully saturated rings. The van der Waals surface area contributed by atoms with Gasteiger partial charge in [0.1, 0.15) is 0 Å². The number of carbonyl (C=O) groups excluding carboxylic acids is 1. The van der Waals surface area contributed by atoms with Gasteiger partial charge in [-0.1, -0.05) is 19.8 Å². The van der Waals surface area contributed by atoms with Crippen molar-refractivity contribution in [3.8, 4) is 0 Å². The normalized spacial score (nSPS) is 17.9. The summed E-state index contributed by atoms with van der Waals surface area (Å²) in [6.07, 6.45) is 9.99. The Balaban J connectivity index is 2.59. The van der Waals surface area contributed by atoms with Crippen LogP contribution in [0.15, 0.2) is 23.5 Å². The lowest BCUT2D eigenvalue weighted by Crippen LogP contribution is -2.00. The third-order valence-electron chi connectivity index (χ3n) is 2.86. The van der Waals surface area contributed by atoms with Crippen molar-refractivity contribution in [2.24, 2.45) is 0 Å². The first kappa shape index (κ1) is 14.8. The average molecular weight is 252 g/mol. The standard InChI is InChI=1S/C15H24O3/c1-3-5-6-9-14-11-13(8-7-10-18-14)12-15(16)17-4-2/h11-12H,3-10H2,1-2H3/b13-12+. The van der Waals surface area contributed by atoms with Crippen molar-refractivity contribution in [1.29, 1.82) is 0 Å². The van der Waals surface area contributed by atoms with Gasteiger partial charge in [-0.3, -0.25) is 0 Å². The zero-order valence-electron chi connectivity index (χ0n) is 11.5. The van der Waals surface area contributed by atoms with E-state index in [9.17, 15) is 4.79 Å². The fourth-order valence-electron chi connectivity index (χ4n) is 1.94. The average Bonchev–Trinajstić information content (AvgIpc) is 2.55. The number of allylic oxidation sites excluding steroid dienone is 3. The van der Waals surface area contributed by atoms with E-state index in [4.69, 9.17) is 9.47 Å². The van der Waals surface area contributed by atoms with Gasteiger partial charge in [0, 0.05) is 12.5 Å². The van der Waals surface area contributed by atoms with Gasteiger partial charge in [0.15, 0.2) is 0 Å². The molecular weight excluding hydrogens is 228 g/mol. The Morgan fingerprint density at radius 3 is 3.00 bits per heavy atom. The number of rotatable bonds is 6. The Kier molecular flexibility index (Phi) is 7.23. The Hall–Kier alpha value is -1.25. The van der Waals surface area contributed by atoms with Gasteiger partial charge in [-0.05, 0) is 37.8 Å². The summed E-state index contributed by atoms with van der Waals surface area (Å²) in [4.78, 5) is 11.4. The van der Waals surface area contributed by atoms with Gasteiger partial charge in [0.25, 0.3) is 0 Å². The minimum absolute atomic E-state index is 0.251. The maximum absolute atomic E-state index is 11.4. The van der Waals surface area contributed by atoms with Gasteiger partial charge in [-0.15, -0.1) is 0 Å². The first-order valence-corrected chi connectivity index (χ1v) is 6.97. The Morgan fingerprint density at radius 2 is 2.28 bits per heavy atom. The molecule has 0 bridgehead atoms. The number of esters is 1. The minimum atomic E-state index is -0.251. The van der Waals surface area contributed by atoms with Crippen LogP contribution in [0.25, 0.3) is 0 Å². The van der Waals surface area contributed by atoms with E-state index in [-0.39, 0.29) is 5.97 Å². The molecule has 3 heteroatoms. The van der Waals surface area contributed by atoms with Crippen molar-refractivity contribution in [2.75, 3.05) is 13.2 Å². The summed E-state index contributed by atoms with van der Waals surface area (Å²) >= 11 is 0. The highest BCUT2D eigenvalue weighted by Crippen LogP contribution is 2.20. The van der Waals surface area contributed by atoms with Gasteiger partial charge in [0.2, 0.25) is 0 Å². The minimum Gasteiger partial charge on any atom is -0.498 e. The summed E-state index contributed by atoms with van der Waals surface area (Å²) in [7, 11) is 0. The van der Waals surface area contributed by atoms with Crippen molar-refractivity contribution in [2.45, 2.75) is 52.4 Å². The topological polar surface area (TPSA) is 35.5 Å². The number of hydrogen-bond donors (Lipinski definition) is 0. The molecule has 0 aromatic rings. The Morgan fingerprint density at radius 1 is 1.44 bits per heavy atom. The first-order valence-electron chi connectivity index (χ1n) is 6.97. The molecule has 0 unspecified atom stereocenters. The second kappa shape index (κ2) is 8.78. The summed E-state index contributed by atoms with van der Waals surface area (Å²) in [6.45, 7) is 5.18. The molecule has 0 N–H and O–H groups in total. The van der Waals surface area contributed by atoms with Crippen LogP contribution in [0.3, 0.4) is 0 Å².